The summed E-state index contributed by atoms with van der Waals surface area (Å²) in [7, 11) is 0. The standard InChI is InChI=1S/2C19H23N5O2S/c1-11-15(12-5-8-21-14(10-12)19(2)6-7-19)27-17(22-11)23-18(26)24-9-3-4-13(24)16(20)25;1-11-16(13-7-8-21-14(10-13)12-4-2-5-12)27-18(22-11)23-19(26)24-9-3-6-15(24)17(20)25/h5,8,10,13H,3-4,6-7,9H2,1-2H3,(H2,20,25)(H,22,23,26);7-8,10,12,15H,2-6,9H2,1H3,(H2,20,25)(H,22,23,26)/t13-;15-/m00/s1. The third-order valence-electron chi connectivity index (χ3n) is 10.9. The van der Waals surface area contributed by atoms with Gasteiger partial charge in [0.05, 0.1) is 21.1 Å². The minimum atomic E-state index is -0.535. The summed E-state index contributed by atoms with van der Waals surface area (Å²) in [6.45, 7) is 7.17. The van der Waals surface area contributed by atoms with Crippen molar-refractivity contribution in [3.05, 3.63) is 59.4 Å². The van der Waals surface area contributed by atoms with Crippen LogP contribution in [0.15, 0.2) is 36.7 Å². The molecule has 0 bridgehead atoms. The van der Waals surface area contributed by atoms with Crippen LogP contribution in [-0.2, 0) is 15.0 Å². The van der Waals surface area contributed by atoms with Crippen LogP contribution in [0.3, 0.4) is 0 Å². The van der Waals surface area contributed by atoms with Gasteiger partial charge in [-0.15, -0.1) is 0 Å². The Morgan fingerprint density at radius 2 is 1.24 bits per heavy atom. The highest BCUT2D eigenvalue weighted by molar-refractivity contribution is 7.19. The third-order valence-corrected chi connectivity index (χ3v) is 13.2. The molecule has 0 radical (unpaired) electrons. The first-order valence-corrected chi connectivity index (χ1v) is 20.2. The maximum Gasteiger partial charge on any atom is 0.324 e. The second kappa shape index (κ2) is 15.4. The van der Waals surface area contributed by atoms with Crippen molar-refractivity contribution in [1.29, 1.82) is 0 Å². The van der Waals surface area contributed by atoms with E-state index in [1.54, 1.807) is 0 Å². The number of urea groups is 2. The van der Waals surface area contributed by atoms with Gasteiger partial charge in [-0.2, -0.15) is 0 Å². The third kappa shape index (κ3) is 7.94. The van der Waals surface area contributed by atoms with Crippen LogP contribution in [0.25, 0.3) is 20.9 Å². The number of anilines is 2. The molecule has 284 valence electrons. The first-order valence-electron chi connectivity index (χ1n) is 18.5. The summed E-state index contributed by atoms with van der Waals surface area (Å²) in [6, 6.07) is 6.52. The lowest BCUT2D eigenvalue weighted by atomic mass is 9.82. The summed E-state index contributed by atoms with van der Waals surface area (Å²) >= 11 is 2.88. The van der Waals surface area contributed by atoms with E-state index in [1.807, 2.05) is 38.4 Å². The predicted octanol–water partition coefficient (Wildman–Crippen LogP) is 6.31. The molecule has 2 aliphatic carbocycles. The smallest absolute Gasteiger partial charge is 0.324 e. The fourth-order valence-corrected chi connectivity index (χ4v) is 9.14. The predicted molar refractivity (Wildman–Crippen MR) is 209 cm³/mol. The van der Waals surface area contributed by atoms with Crippen molar-refractivity contribution in [2.24, 2.45) is 11.5 Å². The molecular formula is C38H46N10O4S2. The minimum absolute atomic E-state index is 0.200. The lowest BCUT2D eigenvalue weighted by Gasteiger charge is -2.24. The number of nitrogens with two attached hydrogens (primary N) is 2. The number of likely N-dealkylation sites (tertiary alicyclic amines) is 2. The van der Waals surface area contributed by atoms with Gasteiger partial charge in [-0.05, 0) is 101 Å². The van der Waals surface area contributed by atoms with Crippen LogP contribution in [0.4, 0.5) is 19.9 Å². The first kappa shape index (κ1) is 37.4. The zero-order valence-electron chi connectivity index (χ0n) is 30.8. The molecule has 2 saturated heterocycles. The van der Waals surface area contributed by atoms with Gasteiger partial charge in [0.25, 0.3) is 0 Å². The first-order chi connectivity index (χ1) is 25.9. The van der Waals surface area contributed by atoms with Gasteiger partial charge < -0.3 is 21.3 Å². The van der Waals surface area contributed by atoms with Gasteiger partial charge in [0.2, 0.25) is 11.8 Å². The average Bonchev–Trinajstić information content (AvgIpc) is 3.61. The van der Waals surface area contributed by atoms with Gasteiger partial charge in [-0.25, -0.2) is 19.6 Å². The molecule has 54 heavy (non-hydrogen) atoms. The molecule has 0 spiro atoms. The number of aryl methyl sites for hydroxylation is 2. The molecule has 0 unspecified atom stereocenters. The van der Waals surface area contributed by atoms with Gasteiger partial charge in [0, 0.05) is 48.2 Å². The zero-order chi connectivity index (χ0) is 38.1. The summed E-state index contributed by atoms with van der Waals surface area (Å²) in [5, 5.41) is 6.72. The fraction of sp³-hybridized carbons (Fsp3) is 0.474. The monoisotopic (exact) mass is 770 g/mol. The van der Waals surface area contributed by atoms with Crippen molar-refractivity contribution in [2.75, 3.05) is 23.7 Å². The molecule has 6 amide bonds. The van der Waals surface area contributed by atoms with E-state index in [2.05, 4.69) is 49.6 Å². The van der Waals surface area contributed by atoms with Crippen molar-refractivity contribution in [3.8, 4) is 20.9 Å². The molecule has 4 aromatic rings. The molecule has 4 fully saturated rings. The average molecular weight is 771 g/mol. The van der Waals surface area contributed by atoms with Crippen LogP contribution >= 0.6 is 22.7 Å². The van der Waals surface area contributed by atoms with Crippen molar-refractivity contribution in [1.82, 2.24) is 29.7 Å². The van der Waals surface area contributed by atoms with Crippen molar-refractivity contribution >= 4 is 56.8 Å². The van der Waals surface area contributed by atoms with Crippen LogP contribution in [0.5, 0.6) is 0 Å². The second-order valence-corrected chi connectivity index (χ2v) is 16.8. The molecule has 2 saturated carbocycles. The Morgan fingerprint density at radius 3 is 1.70 bits per heavy atom. The summed E-state index contributed by atoms with van der Waals surface area (Å²) in [6.07, 6.45) is 12.5. The Balaban J connectivity index is 0.000000167. The van der Waals surface area contributed by atoms with E-state index in [4.69, 9.17) is 11.5 Å². The normalized spacial score (nSPS) is 20.1. The topological polar surface area (TPSA) is 202 Å². The van der Waals surface area contributed by atoms with Gasteiger partial charge in [0.1, 0.15) is 12.1 Å². The number of pyridine rings is 2. The molecule has 6 N–H and O–H groups in total. The highest BCUT2D eigenvalue weighted by Crippen LogP contribution is 2.47. The van der Waals surface area contributed by atoms with E-state index in [0.717, 1.165) is 56.5 Å². The number of nitrogens with one attached hydrogen (secondary N) is 2. The number of aromatic nitrogens is 4. The molecule has 16 heteroatoms. The van der Waals surface area contributed by atoms with Gasteiger partial charge in [-0.1, -0.05) is 36.0 Å². The summed E-state index contributed by atoms with van der Waals surface area (Å²) in [5.41, 5.74) is 17.1. The molecule has 8 rings (SSSR count). The largest absolute Gasteiger partial charge is 0.368 e. The number of primary amides is 2. The Bertz CT molecular complexity index is 2070. The van der Waals surface area contributed by atoms with E-state index in [1.165, 1.54) is 64.6 Å². The highest BCUT2D eigenvalue weighted by atomic mass is 32.1. The SMILES string of the molecule is Cc1nc(NC(=O)N2CCC[C@H]2C(N)=O)sc1-c1ccnc(C2(C)CC2)c1.Cc1nc(NC(=O)N2CCC[C@H]2C(N)=O)sc1-c1ccnc(C2CCC2)c1. The number of rotatable bonds is 8. The minimum Gasteiger partial charge on any atom is -0.368 e. The van der Waals surface area contributed by atoms with E-state index < -0.39 is 23.9 Å². The number of nitrogens with zero attached hydrogens (tertiary/aromatic N) is 6. The van der Waals surface area contributed by atoms with Gasteiger partial charge in [-0.3, -0.25) is 30.2 Å². The molecule has 4 aliphatic rings. The summed E-state index contributed by atoms with van der Waals surface area (Å²) in [4.78, 5) is 71.2. The number of hydrogen-bond acceptors (Lipinski definition) is 10. The van der Waals surface area contributed by atoms with Crippen LogP contribution in [-0.4, -0.2) is 78.8 Å². The molecule has 0 aromatic carbocycles. The molecule has 2 atom stereocenters. The maximum absolute atomic E-state index is 12.5. The van der Waals surface area contributed by atoms with E-state index in [9.17, 15) is 19.2 Å². The zero-order valence-corrected chi connectivity index (χ0v) is 32.4. The number of carbonyl (C=O) groups is 4. The summed E-state index contributed by atoms with van der Waals surface area (Å²) in [5.74, 6) is -0.353. The van der Waals surface area contributed by atoms with Crippen molar-refractivity contribution in [3.63, 3.8) is 0 Å². The number of carbonyl (C=O) groups excluding carboxylic acids is 4. The Hall–Kier alpha value is -4.96. The Kier molecular flexibility index (Phi) is 10.7. The Morgan fingerprint density at radius 1 is 0.741 bits per heavy atom. The molecule has 2 aliphatic heterocycles. The number of amides is 6. The second-order valence-electron chi connectivity index (χ2n) is 14.8. The highest BCUT2D eigenvalue weighted by Gasteiger charge is 2.40. The van der Waals surface area contributed by atoms with Crippen molar-refractivity contribution < 1.29 is 19.2 Å². The molecule has 4 aromatic heterocycles. The van der Waals surface area contributed by atoms with Crippen LogP contribution in [0.1, 0.15) is 93.4 Å². The fourth-order valence-electron chi connectivity index (χ4n) is 7.24. The van der Waals surface area contributed by atoms with Gasteiger partial charge in [0.15, 0.2) is 10.3 Å². The molecular weight excluding hydrogens is 725 g/mol. The molecule has 14 nitrogen and oxygen atoms in total. The molecule has 6 heterocycles. The van der Waals surface area contributed by atoms with Crippen molar-refractivity contribution in [2.45, 2.75) is 102 Å². The Labute approximate surface area is 322 Å². The van der Waals surface area contributed by atoms with Crippen LogP contribution in [0, 0.1) is 13.8 Å². The maximum atomic E-state index is 12.5. The van der Waals surface area contributed by atoms with E-state index in [0.29, 0.717) is 42.1 Å². The van der Waals surface area contributed by atoms with E-state index >= 15 is 0 Å². The number of hydrogen-bond donors (Lipinski definition) is 4. The lowest BCUT2D eigenvalue weighted by molar-refractivity contribution is -0.122. The summed E-state index contributed by atoms with van der Waals surface area (Å²) < 4.78 is 0. The number of thiazole rings is 2. The lowest BCUT2D eigenvalue weighted by Crippen LogP contribution is -2.45. The van der Waals surface area contributed by atoms with E-state index in [-0.39, 0.29) is 17.5 Å². The van der Waals surface area contributed by atoms with Gasteiger partial charge >= 0.3 is 12.1 Å². The van der Waals surface area contributed by atoms with Crippen LogP contribution in [0.2, 0.25) is 0 Å². The van der Waals surface area contributed by atoms with Crippen LogP contribution < -0.4 is 22.1 Å². The quantitative estimate of drug-likeness (QED) is 0.160.